The lowest BCUT2D eigenvalue weighted by atomic mass is 10.1. The van der Waals surface area contributed by atoms with Gasteiger partial charge < -0.3 is 9.88 Å². The number of fused-ring (bicyclic) bond motifs is 1. The molecule has 2 fully saturated rings. The second-order valence-corrected chi connectivity index (χ2v) is 8.54. The SMILES string of the molecule is O=c1[nH]c([C@@H]2CC[C@@H](N3CCN(c4ccc(Cl)cn4)CC3)C2)nc2cccc(F)c12. The highest BCUT2D eigenvalue weighted by atomic mass is 35.5. The molecule has 30 heavy (non-hydrogen) atoms. The molecule has 6 nitrogen and oxygen atoms in total. The quantitative estimate of drug-likeness (QED) is 0.692. The number of nitrogens with one attached hydrogen (secondary N) is 1. The van der Waals surface area contributed by atoms with Crippen molar-refractivity contribution in [3.05, 3.63) is 63.5 Å². The summed E-state index contributed by atoms with van der Waals surface area (Å²) in [7, 11) is 0. The molecule has 156 valence electrons. The highest BCUT2D eigenvalue weighted by Gasteiger charge is 2.33. The number of pyridine rings is 1. The third-order valence-electron chi connectivity index (χ3n) is 6.36. The Kier molecular flexibility index (Phi) is 5.16. The Morgan fingerprint density at radius 1 is 1.10 bits per heavy atom. The standard InChI is InChI=1S/C22H23ClFN5O/c23-15-5-7-19(25-13-15)29-10-8-28(9-11-29)16-6-4-14(12-16)21-26-18-3-1-2-17(24)20(18)22(30)27-21/h1-3,5,7,13-14,16H,4,6,8-12H2,(H,26,27,30)/t14-,16-/m1/s1. The summed E-state index contributed by atoms with van der Waals surface area (Å²) in [5, 5.41) is 0.695. The van der Waals surface area contributed by atoms with E-state index in [1.165, 1.54) is 6.07 Å². The largest absolute Gasteiger partial charge is 0.354 e. The van der Waals surface area contributed by atoms with E-state index in [4.69, 9.17) is 11.6 Å². The maximum atomic E-state index is 14.0. The summed E-state index contributed by atoms with van der Waals surface area (Å²) in [5.41, 5.74) is 0.0434. The Morgan fingerprint density at radius 2 is 1.93 bits per heavy atom. The molecular weight excluding hydrogens is 405 g/mol. The van der Waals surface area contributed by atoms with Crippen molar-refractivity contribution in [3.63, 3.8) is 0 Å². The van der Waals surface area contributed by atoms with E-state index in [0.29, 0.717) is 22.4 Å². The van der Waals surface area contributed by atoms with E-state index in [1.807, 2.05) is 12.1 Å². The number of halogens is 2. The van der Waals surface area contributed by atoms with Crippen LogP contribution in [-0.2, 0) is 0 Å². The van der Waals surface area contributed by atoms with Gasteiger partial charge in [0.05, 0.1) is 10.5 Å². The fraction of sp³-hybridized carbons (Fsp3) is 0.409. The number of hydrogen-bond acceptors (Lipinski definition) is 5. The van der Waals surface area contributed by atoms with Gasteiger partial charge in [0.1, 0.15) is 22.8 Å². The lowest BCUT2D eigenvalue weighted by Crippen LogP contribution is -2.50. The molecule has 2 aliphatic rings. The average Bonchev–Trinajstić information content (AvgIpc) is 3.25. The average molecular weight is 428 g/mol. The molecule has 3 heterocycles. The van der Waals surface area contributed by atoms with Crippen LogP contribution in [-0.4, -0.2) is 52.1 Å². The predicted octanol–water partition coefficient (Wildman–Crippen LogP) is 3.57. The predicted molar refractivity (Wildman–Crippen MR) is 116 cm³/mol. The molecule has 0 spiro atoms. The van der Waals surface area contributed by atoms with Gasteiger partial charge in [-0.05, 0) is 43.5 Å². The van der Waals surface area contributed by atoms with Gasteiger partial charge in [-0.1, -0.05) is 17.7 Å². The van der Waals surface area contributed by atoms with Gasteiger partial charge in [0, 0.05) is 44.3 Å². The number of anilines is 1. The molecule has 0 bridgehead atoms. The minimum Gasteiger partial charge on any atom is -0.354 e. The zero-order valence-corrected chi connectivity index (χ0v) is 17.3. The van der Waals surface area contributed by atoms with Crippen LogP contribution in [0.3, 0.4) is 0 Å². The van der Waals surface area contributed by atoms with E-state index in [2.05, 4.69) is 24.8 Å². The monoisotopic (exact) mass is 427 g/mol. The third kappa shape index (κ3) is 3.68. The van der Waals surface area contributed by atoms with Crippen molar-refractivity contribution in [2.24, 2.45) is 0 Å². The Bertz CT molecular complexity index is 1110. The molecular formula is C22H23ClFN5O. The van der Waals surface area contributed by atoms with Crippen LogP contribution in [0.4, 0.5) is 10.2 Å². The van der Waals surface area contributed by atoms with Crippen LogP contribution in [0.5, 0.6) is 0 Å². The molecule has 0 amide bonds. The van der Waals surface area contributed by atoms with Gasteiger partial charge in [-0.15, -0.1) is 0 Å². The van der Waals surface area contributed by atoms with Crippen LogP contribution in [0.25, 0.3) is 10.9 Å². The molecule has 1 N–H and O–H groups in total. The summed E-state index contributed by atoms with van der Waals surface area (Å²) < 4.78 is 14.0. The van der Waals surface area contributed by atoms with E-state index in [0.717, 1.165) is 51.3 Å². The summed E-state index contributed by atoms with van der Waals surface area (Å²) in [4.78, 5) is 29.0. The number of aromatic amines is 1. The first-order valence-electron chi connectivity index (χ1n) is 10.4. The van der Waals surface area contributed by atoms with Gasteiger partial charge in [0.25, 0.3) is 5.56 Å². The normalized spacial score (nSPS) is 22.7. The fourth-order valence-corrected chi connectivity index (χ4v) is 4.88. The molecule has 0 unspecified atom stereocenters. The first-order chi connectivity index (χ1) is 14.6. The lowest BCUT2D eigenvalue weighted by molar-refractivity contribution is 0.185. The number of H-pyrrole nitrogens is 1. The first-order valence-corrected chi connectivity index (χ1v) is 10.8. The van der Waals surface area contributed by atoms with Gasteiger partial charge in [0.15, 0.2) is 0 Å². The van der Waals surface area contributed by atoms with Gasteiger partial charge in [0.2, 0.25) is 0 Å². The lowest BCUT2D eigenvalue weighted by Gasteiger charge is -2.38. The summed E-state index contributed by atoms with van der Waals surface area (Å²) in [6.07, 6.45) is 4.71. The van der Waals surface area contributed by atoms with Gasteiger partial charge in [-0.2, -0.15) is 0 Å². The smallest absolute Gasteiger partial charge is 0.261 e. The van der Waals surface area contributed by atoms with Crippen molar-refractivity contribution in [1.82, 2.24) is 19.9 Å². The van der Waals surface area contributed by atoms with Crippen molar-refractivity contribution in [2.45, 2.75) is 31.2 Å². The van der Waals surface area contributed by atoms with E-state index in [9.17, 15) is 9.18 Å². The molecule has 0 radical (unpaired) electrons. The van der Waals surface area contributed by atoms with Crippen molar-refractivity contribution in [3.8, 4) is 0 Å². The van der Waals surface area contributed by atoms with Crippen LogP contribution in [0.15, 0.2) is 41.3 Å². The van der Waals surface area contributed by atoms with Crippen molar-refractivity contribution >= 4 is 28.3 Å². The molecule has 1 aliphatic carbocycles. The molecule has 3 aromatic rings. The Labute approximate surface area is 178 Å². The summed E-state index contributed by atoms with van der Waals surface area (Å²) >= 11 is 5.94. The third-order valence-corrected chi connectivity index (χ3v) is 6.58. The van der Waals surface area contributed by atoms with Crippen LogP contribution < -0.4 is 10.5 Å². The van der Waals surface area contributed by atoms with E-state index < -0.39 is 5.82 Å². The fourth-order valence-electron chi connectivity index (χ4n) is 4.77. The summed E-state index contributed by atoms with van der Waals surface area (Å²) in [6, 6.07) is 8.91. The van der Waals surface area contributed by atoms with Crippen molar-refractivity contribution < 1.29 is 4.39 Å². The molecule has 2 aromatic heterocycles. The maximum absolute atomic E-state index is 14.0. The zero-order chi connectivity index (χ0) is 20.7. The Hall–Kier alpha value is -2.51. The molecule has 1 saturated heterocycles. The first kappa shape index (κ1) is 19.5. The van der Waals surface area contributed by atoms with Crippen LogP contribution >= 0.6 is 11.6 Å². The van der Waals surface area contributed by atoms with Crippen LogP contribution in [0, 0.1) is 5.82 Å². The number of nitrogens with zero attached hydrogens (tertiary/aromatic N) is 4. The number of benzene rings is 1. The second-order valence-electron chi connectivity index (χ2n) is 8.11. The van der Waals surface area contributed by atoms with Crippen LogP contribution in [0.2, 0.25) is 5.02 Å². The Balaban J connectivity index is 1.25. The molecule has 5 rings (SSSR count). The molecule has 1 saturated carbocycles. The molecule has 8 heteroatoms. The number of aromatic nitrogens is 3. The van der Waals surface area contributed by atoms with E-state index >= 15 is 0 Å². The van der Waals surface area contributed by atoms with Crippen LogP contribution in [0.1, 0.15) is 31.0 Å². The van der Waals surface area contributed by atoms with Gasteiger partial charge in [-0.3, -0.25) is 9.69 Å². The van der Waals surface area contributed by atoms with E-state index in [-0.39, 0.29) is 16.9 Å². The number of piperazine rings is 1. The zero-order valence-electron chi connectivity index (χ0n) is 16.5. The maximum Gasteiger partial charge on any atom is 0.261 e. The minimum atomic E-state index is -0.523. The highest BCUT2D eigenvalue weighted by molar-refractivity contribution is 6.30. The number of hydrogen-bond donors (Lipinski definition) is 1. The van der Waals surface area contributed by atoms with Gasteiger partial charge in [-0.25, -0.2) is 14.4 Å². The second kappa shape index (κ2) is 7.96. The Morgan fingerprint density at radius 3 is 2.70 bits per heavy atom. The van der Waals surface area contributed by atoms with Gasteiger partial charge >= 0.3 is 0 Å². The topological polar surface area (TPSA) is 65.1 Å². The molecule has 2 atom stereocenters. The minimum absolute atomic E-state index is 0.0442. The summed E-state index contributed by atoms with van der Waals surface area (Å²) in [5.74, 6) is 1.33. The van der Waals surface area contributed by atoms with E-state index in [1.54, 1.807) is 18.3 Å². The summed E-state index contributed by atoms with van der Waals surface area (Å²) in [6.45, 7) is 3.82. The molecule has 1 aliphatic heterocycles. The number of rotatable bonds is 3. The van der Waals surface area contributed by atoms with Crippen molar-refractivity contribution in [1.29, 1.82) is 0 Å². The molecule has 1 aromatic carbocycles. The highest BCUT2D eigenvalue weighted by Crippen LogP contribution is 2.36. The van der Waals surface area contributed by atoms with Crippen molar-refractivity contribution in [2.75, 3.05) is 31.1 Å².